The molecule has 0 bridgehead atoms. The first-order valence-electron chi connectivity index (χ1n) is 27.3. The van der Waals surface area contributed by atoms with Gasteiger partial charge in [0.1, 0.15) is 73.3 Å². The van der Waals surface area contributed by atoms with Crippen molar-refractivity contribution in [1.82, 2.24) is 54.2 Å². The van der Waals surface area contributed by atoms with E-state index < -0.39 is 155 Å². The quantitative estimate of drug-likeness (QED) is 0.0308. The molecule has 9 N–H and O–H groups in total. The molecule has 9 heterocycles. The van der Waals surface area contributed by atoms with Crippen LogP contribution in [0.1, 0.15) is 43.7 Å². The molecule has 0 saturated carbocycles. The molecule has 15 atom stereocenters. The van der Waals surface area contributed by atoms with Crippen LogP contribution in [0.4, 0.5) is 30.9 Å². The van der Waals surface area contributed by atoms with E-state index in [-0.39, 0.29) is 96.3 Å². The van der Waals surface area contributed by atoms with Crippen molar-refractivity contribution >= 4 is 119 Å². The predicted molar refractivity (Wildman–Crippen MR) is 306 cm³/mol. The van der Waals surface area contributed by atoms with Crippen molar-refractivity contribution in [3.63, 3.8) is 0 Å². The monoisotopic (exact) mass is 1360 g/mol. The van der Waals surface area contributed by atoms with E-state index in [0.717, 1.165) is 45.5 Å². The number of aliphatic hydroxyl groups is 3. The van der Waals surface area contributed by atoms with Gasteiger partial charge in [-0.25, -0.2) is 57.4 Å². The molecule has 5 aromatic rings. The highest BCUT2D eigenvalue weighted by atomic mass is 32.7. The molecule has 0 aliphatic carbocycles. The molecule has 91 heavy (non-hydrogen) atoms. The van der Waals surface area contributed by atoms with Crippen LogP contribution in [0.2, 0.25) is 0 Å². The number of ether oxygens (including phenoxy) is 5. The molecule has 10 rings (SSSR count). The summed E-state index contributed by atoms with van der Waals surface area (Å²) in [4.78, 5) is 114. The van der Waals surface area contributed by atoms with Crippen LogP contribution < -0.4 is 26.4 Å². The second kappa shape index (κ2) is 27.8. The summed E-state index contributed by atoms with van der Waals surface area (Å²) < 4.78 is 113. The van der Waals surface area contributed by atoms with Gasteiger partial charge in [-0.2, -0.15) is 0 Å². The molecule has 4 aromatic heterocycles. The van der Waals surface area contributed by atoms with Crippen molar-refractivity contribution in [2.45, 2.75) is 112 Å². The van der Waals surface area contributed by atoms with Crippen LogP contribution in [0.25, 0.3) is 22.3 Å². The summed E-state index contributed by atoms with van der Waals surface area (Å²) in [5.74, 6) is -5.14. The standard InChI is InChI=1S/C49H56F2N14O22P2S2/c1-62(49(76)79-14-21-4-5-23(84-48-37(73)35(71)36(72)40(85-48)47(74)75)22(13-21)60-28(68)8-10-53-26(66)9-12-63-29(69)6-7-30(63)70)11-2-3-27(67)61-42-34-44(57-18-55-42)65(20-59-34)46-32(51)39-25(83-46)16-81-88(77,90)86-38-24(15-80-89(78,91)87-39)82-45(31(38)50)64-19-58-33-41(52)54-17-56-43(33)64/h4-7,13,17-20,24-25,31-32,35-40,45-46,48,71-73H,2-3,8-12,14-16H2,1H3,(H,53,66)(H,60,68)(H,74,75)(H,77,90)(H,78,91)(H2,52,54,56)(H,55,57,61,67)/t24-,25-,31-,32-,35+,36+,37-,38-,39-,40+,45-,46-,48-,88-,89-/m1/s1. The minimum Gasteiger partial charge on any atom is -0.479 e. The molecule has 0 unspecified atom stereocenters. The number of aliphatic hydroxyl groups excluding tert-OH is 3. The Morgan fingerprint density at radius 1 is 0.769 bits per heavy atom. The maximum Gasteiger partial charge on any atom is 0.409 e. The molecule has 5 aliphatic rings. The van der Waals surface area contributed by atoms with E-state index in [4.69, 9.17) is 47.5 Å². The number of thiol groups is 2. The lowest BCUT2D eigenvalue weighted by atomic mass is 9.99. The average Bonchev–Trinajstić information content (AvgIpc) is 1.73. The molecular weight excluding hydrogens is 1300 g/mol. The van der Waals surface area contributed by atoms with Crippen LogP contribution in [0.15, 0.2) is 55.7 Å². The molecule has 490 valence electrons. The van der Waals surface area contributed by atoms with Crippen LogP contribution >= 0.6 is 38.1 Å². The third kappa shape index (κ3) is 15.1. The lowest BCUT2D eigenvalue weighted by Gasteiger charge is -2.38. The van der Waals surface area contributed by atoms with Gasteiger partial charge in [0.15, 0.2) is 59.3 Å². The first-order valence-corrected chi connectivity index (χ1v) is 32.7. The number of nitrogen functional groups attached to an aromatic ring is 1. The van der Waals surface area contributed by atoms with E-state index in [1.165, 1.54) is 36.1 Å². The zero-order chi connectivity index (χ0) is 65.2. The highest BCUT2D eigenvalue weighted by Crippen LogP contribution is 2.61. The summed E-state index contributed by atoms with van der Waals surface area (Å²) in [6, 6.07) is 3.89. The van der Waals surface area contributed by atoms with Crippen LogP contribution in [0.5, 0.6) is 5.75 Å². The third-order valence-corrected chi connectivity index (χ3v) is 17.7. The Bertz CT molecular complexity index is 3750. The Morgan fingerprint density at radius 2 is 1.36 bits per heavy atom. The van der Waals surface area contributed by atoms with Crippen LogP contribution in [0.3, 0.4) is 0 Å². The van der Waals surface area contributed by atoms with Gasteiger partial charge >= 0.3 is 25.7 Å². The minimum atomic E-state index is -4.59. The summed E-state index contributed by atoms with van der Waals surface area (Å²) in [5, 5.41) is 48.3. The fourth-order valence-corrected chi connectivity index (χ4v) is 12.9. The smallest absolute Gasteiger partial charge is 0.409 e. The zero-order valence-corrected chi connectivity index (χ0v) is 50.6. The summed E-state index contributed by atoms with van der Waals surface area (Å²) in [6.07, 6.45) is -19.2. The van der Waals surface area contributed by atoms with Gasteiger partial charge in [-0.05, 0) is 24.1 Å². The Morgan fingerprint density at radius 3 is 1.99 bits per heavy atom. The fourth-order valence-electron chi connectivity index (χ4n) is 9.89. The predicted octanol–water partition coefficient (Wildman–Crippen LogP) is 0.631. The largest absolute Gasteiger partial charge is 0.479 e. The summed E-state index contributed by atoms with van der Waals surface area (Å²) in [6.45, 7) is -11.6. The average molecular weight is 1360 g/mol. The highest BCUT2D eigenvalue weighted by Gasteiger charge is 2.55. The van der Waals surface area contributed by atoms with Gasteiger partial charge in [-0.1, -0.05) is 30.6 Å². The van der Waals surface area contributed by atoms with Crippen LogP contribution in [0, 0.1) is 0 Å². The Kier molecular flexibility index (Phi) is 20.3. The van der Waals surface area contributed by atoms with Crippen LogP contribution in [-0.4, -0.2) is 218 Å². The van der Waals surface area contributed by atoms with Gasteiger partial charge in [0.25, 0.3) is 11.8 Å². The number of nitrogens with zero attached hydrogens (tertiary/aromatic N) is 10. The molecule has 1 aromatic carbocycles. The zero-order valence-electron chi connectivity index (χ0n) is 47.0. The number of halogens is 2. The Labute approximate surface area is 520 Å². The molecule has 0 radical (unpaired) electrons. The number of nitrogens with two attached hydrogens (primary N) is 1. The number of carbonyl (C=O) groups excluding carboxylic acids is 6. The lowest BCUT2D eigenvalue weighted by molar-refractivity contribution is -0.271. The molecule has 4 fully saturated rings. The molecule has 4 saturated heterocycles. The molecule has 5 aliphatic heterocycles. The van der Waals surface area contributed by atoms with Crippen molar-refractivity contribution in [2.24, 2.45) is 0 Å². The molecule has 36 nitrogen and oxygen atoms in total. The fraction of sp³-hybridized carbons (Fsp3) is 0.490. The topological polar surface area (TPSA) is 473 Å². The van der Waals surface area contributed by atoms with Crippen LogP contribution in [-0.2, 0) is 81.5 Å². The van der Waals surface area contributed by atoms with E-state index >= 15 is 8.78 Å². The molecular formula is C49H56F2N14O22P2S2. The number of anilines is 3. The summed E-state index contributed by atoms with van der Waals surface area (Å²) in [7, 11) is 1.38. The number of rotatable bonds is 19. The van der Waals surface area contributed by atoms with E-state index in [9.17, 15) is 63.1 Å². The van der Waals surface area contributed by atoms with Crippen molar-refractivity contribution in [1.29, 1.82) is 0 Å². The second-order valence-electron chi connectivity index (χ2n) is 20.7. The lowest BCUT2D eigenvalue weighted by Crippen LogP contribution is -2.61. The van der Waals surface area contributed by atoms with Gasteiger partial charge < -0.3 is 70.7 Å². The number of aromatic nitrogens is 8. The number of aliphatic carboxylic acids is 1. The van der Waals surface area contributed by atoms with E-state index in [0.29, 0.717) is 0 Å². The number of amides is 6. The number of carboxylic acid groups (broad SMARTS) is 1. The molecule has 6 amide bonds. The molecule has 42 heteroatoms. The number of hydrogen-bond donors (Lipinski definition) is 10. The van der Waals surface area contributed by atoms with E-state index in [1.54, 1.807) is 0 Å². The number of hydrogen-bond acceptors (Lipinski definition) is 28. The summed E-state index contributed by atoms with van der Waals surface area (Å²) in [5.41, 5.74) is 6.07. The van der Waals surface area contributed by atoms with Crippen molar-refractivity contribution in [3.8, 4) is 5.75 Å². The SMILES string of the molecule is CN(CCCC(=O)Nc1ncnc2c1ncn2[C@@H]1O[C@@H]2CO[P@@](=O)(S)O[C@H]3[C@@H](F)[C@H](n4cnc5c(N)ncnc54)O[C@@H]3CO[P@@](=O)(S)O[C@H]2[C@H]1F)C(=O)OCc1ccc(O[C@@H]2O[C@H](C(=O)O)[C@@H](O)[C@H](O)[C@H]2O)c(NC(=O)CCNC(=O)CCN2C(=O)C=CC2=O)c1. The minimum absolute atomic E-state index is 0.00499. The number of carboxylic acids is 1. The van der Waals surface area contributed by atoms with Crippen molar-refractivity contribution in [2.75, 3.05) is 56.3 Å². The first-order chi connectivity index (χ1) is 43.3. The normalized spacial score (nSPS) is 30.1. The molecule has 0 spiro atoms. The van der Waals surface area contributed by atoms with E-state index in [2.05, 4.69) is 70.4 Å². The number of imide groups is 1. The maximum absolute atomic E-state index is 16.7. The first kappa shape index (κ1) is 66.5. The number of benzene rings is 1. The van der Waals surface area contributed by atoms with E-state index in [1.807, 2.05) is 0 Å². The third-order valence-electron chi connectivity index (χ3n) is 14.5. The van der Waals surface area contributed by atoms with Crippen molar-refractivity contribution in [3.05, 3.63) is 61.2 Å². The highest BCUT2D eigenvalue weighted by molar-refractivity contribution is 8.44. The number of carbonyl (C=O) groups is 7. The summed E-state index contributed by atoms with van der Waals surface area (Å²) >= 11 is 8.09. The number of imidazole rings is 2. The van der Waals surface area contributed by atoms with Gasteiger partial charge in [0.2, 0.25) is 24.0 Å². The number of alkyl halides is 2. The maximum atomic E-state index is 16.7. The van der Waals surface area contributed by atoms with Crippen molar-refractivity contribution < 1.29 is 114 Å². The van der Waals surface area contributed by atoms with Gasteiger partial charge in [-0.3, -0.25) is 56.1 Å². The number of nitrogens with one attached hydrogen (secondary N) is 3. The number of fused-ring (bicyclic) bond motifs is 4. The Balaban J connectivity index is 0.725. The van der Waals surface area contributed by atoms with Gasteiger partial charge in [-0.15, -0.1) is 0 Å². The Hall–Kier alpha value is -7.43. The van der Waals surface area contributed by atoms with Gasteiger partial charge in [0, 0.05) is 58.1 Å². The second-order valence-corrected chi connectivity index (χ2v) is 26.4. The van der Waals surface area contributed by atoms with Gasteiger partial charge in [0.05, 0.1) is 31.6 Å².